The molecule has 0 radical (unpaired) electrons. The third kappa shape index (κ3) is 5.22. The van der Waals surface area contributed by atoms with E-state index in [1.807, 2.05) is 0 Å². The average molecular weight is 383 g/mol. The smallest absolute Gasteiger partial charge is 0.232 e. The van der Waals surface area contributed by atoms with Crippen LogP contribution in [-0.2, 0) is 9.47 Å². The van der Waals surface area contributed by atoms with E-state index >= 15 is 0 Å². The second-order valence-corrected chi connectivity index (χ2v) is 6.69. The molecule has 144 valence electrons. The Hall–Kier alpha value is -1.57. The van der Waals surface area contributed by atoms with Crippen molar-refractivity contribution in [2.24, 2.45) is 4.99 Å². The topological polar surface area (TPSA) is 68.2 Å². The summed E-state index contributed by atoms with van der Waals surface area (Å²) in [6, 6.07) is 3.54. The Balaban J connectivity index is 1.53. The fourth-order valence-electron chi connectivity index (χ4n) is 3.19. The molecule has 0 amide bonds. The highest BCUT2D eigenvalue weighted by molar-refractivity contribution is 6.31. The monoisotopic (exact) mass is 382 g/mol. The van der Waals surface area contributed by atoms with Crippen molar-refractivity contribution in [1.29, 1.82) is 0 Å². The van der Waals surface area contributed by atoms with Crippen LogP contribution in [0.2, 0.25) is 5.02 Å². The maximum absolute atomic E-state index is 6.05. The van der Waals surface area contributed by atoms with Crippen LogP contribution in [0.25, 0.3) is 0 Å². The second-order valence-electron chi connectivity index (χ2n) is 6.28. The maximum Gasteiger partial charge on any atom is 0.232 e. The van der Waals surface area contributed by atoms with Crippen LogP contribution in [0.15, 0.2) is 23.3 Å². The molecule has 1 N–H and O–H groups in total. The van der Waals surface area contributed by atoms with Crippen LogP contribution >= 0.6 is 11.6 Å². The van der Waals surface area contributed by atoms with Crippen LogP contribution in [-0.4, -0.2) is 74.1 Å². The van der Waals surface area contributed by atoms with E-state index in [9.17, 15) is 0 Å². The Morgan fingerprint density at radius 1 is 1.42 bits per heavy atom. The second kappa shape index (κ2) is 9.94. The molecule has 0 aliphatic carbocycles. The highest BCUT2D eigenvalue weighted by atomic mass is 35.5. The van der Waals surface area contributed by atoms with Gasteiger partial charge in [0.25, 0.3) is 0 Å². The largest absolute Gasteiger partial charge is 0.475 e. The van der Waals surface area contributed by atoms with E-state index in [2.05, 4.69) is 27.1 Å². The normalized spacial score (nSPS) is 23.9. The first-order chi connectivity index (χ1) is 12.8. The molecule has 0 saturated carbocycles. The number of hydrogen-bond donors (Lipinski definition) is 1. The fraction of sp³-hybridized carbons (Fsp3) is 0.667. The van der Waals surface area contributed by atoms with Crippen molar-refractivity contribution >= 4 is 17.6 Å². The molecule has 0 bridgehead atoms. The van der Waals surface area contributed by atoms with E-state index in [0.717, 1.165) is 45.0 Å². The molecule has 2 fully saturated rings. The summed E-state index contributed by atoms with van der Waals surface area (Å²) in [7, 11) is 0. The number of pyridine rings is 1. The molecule has 7 nitrogen and oxygen atoms in total. The Morgan fingerprint density at radius 3 is 3.08 bits per heavy atom. The molecular formula is C18H27ClN4O3. The summed E-state index contributed by atoms with van der Waals surface area (Å²) in [6.45, 7) is 6.97. The van der Waals surface area contributed by atoms with Gasteiger partial charge in [0.1, 0.15) is 17.7 Å². The molecule has 1 aromatic rings. The molecule has 1 aromatic heterocycles. The Morgan fingerprint density at radius 2 is 2.31 bits per heavy atom. The zero-order valence-electron chi connectivity index (χ0n) is 15.2. The molecule has 2 aliphatic rings. The van der Waals surface area contributed by atoms with Crippen molar-refractivity contribution in [3.8, 4) is 5.88 Å². The van der Waals surface area contributed by atoms with Gasteiger partial charge in [0, 0.05) is 32.4 Å². The number of hydrogen-bond acceptors (Lipinski definition) is 5. The number of nitrogens with zero attached hydrogens (tertiary/aromatic N) is 3. The number of aliphatic imine (C=N–C) groups is 1. The molecule has 2 unspecified atom stereocenters. The minimum Gasteiger partial charge on any atom is -0.475 e. The molecule has 8 heteroatoms. The molecule has 3 heterocycles. The van der Waals surface area contributed by atoms with Gasteiger partial charge in [-0.2, -0.15) is 0 Å². The van der Waals surface area contributed by atoms with Gasteiger partial charge in [-0.05, 0) is 31.9 Å². The summed E-state index contributed by atoms with van der Waals surface area (Å²) in [6.07, 6.45) is 4.17. The summed E-state index contributed by atoms with van der Waals surface area (Å²) >= 11 is 6.05. The van der Waals surface area contributed by atoms with E-state index in [1.54, 1.807) is 18.3 Å². The summed E-state index contributed by atoms with van der Waals surface area (Å²) in [5, 5.41) is 3.87. The SMILES string of the molecule is CCNC(=NCCOc1ncccc1Cl)N1CCOC(C2CCCO2)C1. The summed E-state index contributed by atoms with van der Waals surface area (Å²) in [4.78, 5) is 11.0. The Labute approximate surface area is 159 Å². The number of nitrogens with one attached hydrogen (secondary N) is 1. The molecule has 3 rings (SSSR count). The van der Waals surface area contributed by atoms with E-state index < -0.39 is 0 Å². The van der Waals surface area contributed by atoms with E-state index in [-0.39, 0.29) is 12.2 Å². The first kappa shape index (κ1) is 19.2. The molecule has 26 heavy (non-hydrogen) atoms. The van der Waals surface area contributed by atoms with Crippen LogP contribution in [0.1, 0.15) is 19.8 Å². The van der Waals surface area contributed by atoms with Crippen molar-refractivity contribution < 1.29 is 14.2 Å². The molecule has 2 aliphatic heterocycles. The van der Waals surface area contributed by atoms with Gasteiger partial charge >= 0.3 is 0 Å². The molecular weight excluding hydrogens is 356 g/mol. The maximum atomic E-state index is 6.05. The predicted octanol–water partition coefficient (Wildman–Crippen LogP) is 1.96. The van der Waals surface area contributed by atoms with Gasteiger partial charge in [-0.1, -0.05) is 11.6 Å². The van der Waals surface area contributed by atoms with Crippen LogP contribution < -0.4 is 10.1 Å². The lowest BCUT2D eigenvalue weighted by molar-refractivity contribution is -0.0817. The third-order valence-electron chi connectivity index (χ3n) is 4.42. The number of guanidine groups is 1. The fourth-order valence-corrected chi connectivity index (χ4v) is 3.36. The molecule has 0 spiro atoms. The Bertz CT molecular complexity index is 596. The lowest BCUT2D eigenvalue weighted by Gasteiger charge is -2.37. The lowest BCUT2D eigenvalue weighted by atomic mass is 10.1. The summed E-state index contributed by atoms with van der Waals surface area (Å²) in [5.41, 5.74) is 0. The van der Waals surface area contributed by atoms with Gasteiger partial charge in [-0.15, -0.1) is 0 Å². The van der Waals surface area contributed by atoms with Gasteiger partial charge < -0.3 is 24.4 Å². The number of rotatable bonds is 6. The highest BCUT2D eigenvalue weighted by Gasteiger charge is 2.32. The minimum absolute atomic E-state index is 0.110. The minimum atomic E-state index is 0.110. The van der Waals surface area contributed by atoms with Crippen molar-refractivity contribution in [3.05, 3.63) is 23.4 Å². The summed E-state index contributed by atoms with van der Waals surface area (Å²) < 4.78 is 17.3. The van der Waals surface area contributed by atoms with Gasteiger partial charge in [0.05, 0.1) is 19.3 Å². The van der Waals surface area contributed by atoms with Gasteiger partial charge in [-0.3, -0.25) is 0 Å². The van der Waals surface area contributed by atoms with Crippen molar-refractivity contribution in [1.82, 2.24) is 15.2 Å². The number of halogens is 1. The van der Waals surface area contributed by atoms with Gasteiger partial charge in [0.15, 0.2) is 5.96 Å². The van der Waals surface area contributed by atoms with Crippen LogP contribution in [0.4, 0.5) is 0 Å². The van der Waals surface area contributed by atoms with Crippen molar-refractivity contribution in [2.45, 2.75) is 32.0 Å². The molecule has 0 aromatic carbocycles. The number of ether oxygens (including phenoxy) is 3. The zero-order valence-corrected chi connectivity index (χ0v) is 16.0. The third-order valence-corrected chi connectivity index (χ3v) is 4.71. The first-order valence-electron chi connectivity index (χ1n) is 9.27. The predicted molar refractivity (Wildman–Crippen MR) is 101 cm³/mol. The van der Waals surface area contributed by atoms with E-state index in [0.29, 0.717) is 30.7 Å². The lowest BCUT2D eigenvalue weighted by Crippen LogP contribution is -2.53. The van der Waals surface area contributed by atoms with Gasteiger partial charge in [0.2, 0.25) is 5.88 Å². The van der Waals surface area contributed by atoms with Crippen LogP contribution in [0.5, 0.6) is 5.88 Å². The highest BCUT2D eigenvalue weighted by Crippen LogP contribution is 2.21. The van der Waals surface area contributed by atoms with E-state index in [1.165, 1.54) is 0 Å². The van der Waals surface area contributed by atoms with Gasteiger partial charge in [-0.25, -0.2) is 9.98 Å². The standard InChI is InChI=1S/C18H27ClN4O3/c1-2-20-18(22-8-11-26-17-14(19)5-3-7-21-17)23-9-12-25-16(13-23)15-6-4-10-24-15/h3,5,7,15-16H,2,4,6,8-13H2,1H3,(H,20,22). The average Bonchev–Trinajstić information content (AvgIpc) is 3.20. The van der Waals surface area contributed by atoms with E-state index in [4.69, 9.17) is 25.8 Å². The summed E-state index contributed by atoms with van der Waals surface area (Å²) in [5.74, 6) is 1.33. The van der Waals surface area contributed by atoms with Crippen LogP contribution in [0.3, 0.4) is 0 Å². The number of morpholine rings is 1. The molecule has 2 saturated heterocycles. The zero-order chi connectivity index (χ0) is 18.2. The first-order valence-corrected chi connectivity index (χ1v) is 9.65. The van der Waals surface area contributed by atoms with Crippen molar-refractivity contribution in [2.75, 3.05) is 46.0 Å². The van der Waals surface area contributed by atoms with Crippen LogP contribution in [0, 0.1) is 0 Å². The Kier molecular flexibility index (Phi) is 7.34. The number of aromatic nitrogens is 1. The molecule has 2 atom stereocenters. The quantitative estimate of drug-likeness (QED) is 0.461. The van der Waals surface area contributed by atoms with Crippen molar-refractivity contribution in [3.63, 3.8) is 0 Å².